The second-order valence-electron chi connectivity index (χ2n) is 8.09. The van der Waals surface area contributed by atoms with Gasteiger partial charge in [0, 0.05) is 11.8 Å². The van der Waals surface area contributed by atoms with Gasteiger partial charge >= 0.3 is 5.97 Å². The molecular weight excluding hydrogens is 432 g/mol. The first-order valence-electron chi connectivity index (χ1n) is 10.9. The zero-order valence-electron chi connectivity index (χ0n) is 18.8. The first-order chi connectivity index (χ1) is 16.5. The maximum atomic E-state index is 13.0. The number of carbonyl (C=O) groups excluding carboxylic acids is 2. The maximum absolute atomic E-state index is 13.0. The van der Waals surface area contributed by atoms with E-state index in [1.807, 2.05) is 54.6 Å². The van der Waals surface area contributed by atoms with Crippen LogP contribution in [0.5, 0.6) is 5.75 Å². The van der Waals surface area contributed by atoms with Gasteiger partial charge in [-0.3, -0.25) is 19.9 Å². The van der Waals surface area contributed by atoms with Crippen LogP contribution in [0.15, 0.2) is 72.9 Å². The molecule has 0 aliphatic carbocycles. The number of amidine groups is 1. The summed E-state index contributed by atoms with van der Waals surface area (Å²) in [7, 11) is 1.32. The van der Waals surface area contributed by atoms with Crippen LogP contribution in [0.3, 0.4) is 0 Å². The Morgan fingerprint density at radius 2 is 1.76 bits per heavy atom. The minimum absolute atomic E-state index is 0.0340. The van der Waals surface area contributed by atoms with E-state index in [0.717, 1.165) is 11.1 Å². The van der Waals surface area contributed by atoms with E-state index in [0.29, 0.717) is 23.6 Å². The summed E-state index contributed by atoms with van der Waals surface area (Å²) in [5.41, 5.74) is 8.21. The standard InChI is InChI=1S/C26H26N4O4/c1-33-24(31)15-20-14-21(30(26(20)32)23-4-2-3-13-29-23)16-34-22-11-9-18(10-12-22)17-5-7-19(8-6-17)25(27)28/h2-13,20-21H,14-16H2,1H3,(H3,27,28)/t20-,21-/m0/s1. The number of methoxy groups -OCH3 is 1. The molecule has 1 fully saturated rings. The van der Waals surface area contributed by atoms with E-state index in [1.54, 1.807) is 23.2 Å². The lowest BCUT2D eigenvalue weighted by atomic mass is 10.0. The molecule has 8 heteroatoms. The van der Waals surface area contributed by atoms with Crippen molar-refractivity contribution in [3.8, 4) is 16.9 Å². The molecule has 2 aromatic carbocycles. The van der Waals surface area contributed by atoms with Gasteiger partial charge in [-0.25, -0.2) is 4.98 Å². The minimum Gasteiger partial charge on any atom is -0.491 e. The van der Waals surface area contributed by atoms with Crippen LogP contribution in [0.1, 0.15) is 18.4 Å². The van der Waals surface area contributed by atoms with Crippen LogP contribution < -0.4 is 15.4 Å². The van der Waals surface area contributed by atoms with E-state index < -0.39 is 11.9 Å². The van der Waals surface area contributed by atoms with Gasteiger partial charge in [0.05, 0.1) is 25.5 Å². The highest BCUT2D eigenvalue weighted by Gasteiger charge is 2.42. The Hall–Kier alpha value is -4.20. The Morgan fingerprint density at radius 3 is 2.35 bits per heavy atom. The highest BCUT2D eigenvalue weighted by molar-refractivity contribution is 5.99. The van der Waals surface area contributed by atoms with E-state index >= 15 is 0 Å². The van der Waals surface area contributed by atoms with Crippen molar-refractivity contribution in [2.45, 2.75) is 18.9 Å². The molecule has 0 bridgehead atoms. The second-order valence-corrected chi connectivity index (χ2v) is 8.09. The number of amides is 1. The van der Waals surface area contributed by atoms with Crippen LogP contribution >= 0.6 is 0 Å². The number of aromatic nitrogens is 1. The molecule has 0 radical (unpaired) electrons. The molecule has 34 heavy (non-hydrogen) atoms. The molecule has 1 aliphatic rings. The molecule has 3 aromatic rings. The van der Waals surface area contributed by atoms with Gasteiger partial charge in [0.2, 0.25) is 5.91 Å². The largest absolute Gasteiger partial charge is 0.491 e. The number of ether oxygens (including phenoxy) is 2. The van der Waals surface area contributed by atoms with Gasteiger partial charge in [-0.15, -0.1) is 0 Å². The summed E-state index contributed by atoms with van der Waals surface area (Å²) in [5, 5.41) is 7.50. The first-order valence-corrected chi connectivity index (χ1v) is 10.9. The van der Waals surface area contributed by atoms with E-state index in [2.05, 4.69) is 4.98 Å². The summed E-state index contributed by atoms with van der Waals surface area (Å²) in [4.78, 5) is 30.8. The number of hydrogen-bond acceptors (Lipinski definition) is 6. The highest BCUT2D eigenvalue weighted by Crippen LogP contribution is 2.32. The number of pyridine rings is 1. The minimum atomic E-state index is -0.469. The molecule has 2 heterocycles. The van der Waals surface area contributed by atoms with E-state index in [9.17, 15) is 9.59 Å². The van der Waals surface area contributed by atoms with Gasteiger partial charge in [-0.2, -0.15) is 0 Å². The molecule has 4 rings (SSSR count). The molecule has 0 saturated carbocycles. The molecule has 3 N–H and O–H groups in total. The molecular formula is C26H26N4O4. The Labute approximate surface area is 197 Å². The van der Waals surface area contributed by atoms with Crippen LogP contribution in [0.4, 0.5) is 5.82 Å². The highest BCUT2D eigenvalue weighted by atomic mass is 16.5. The molecule has 174 valence electrons. The molecule has 1 amide bonds. The van der Waals surface area contributed by atoms with Crippen molar-refractivity contribution in [3.05, 3.63) is 78.5 Å². The second kappa shape index (κ2) is 10.2. The smallest absolute Gasteiger partial charge is 0.306 e. The van der Waals surface area contributed by atoms with Crippen molar-refractivity contribution >= 4 is 23.5 Å². The van der Waals surface area contributed by atoms with Crippen molar-refractivity contribution in [1.29, 1.82) is 5.41 Å². The monoisotopic (exact) mass is 458 g/mol. The number of anilines is 1. The molecule has 0 spiro atoms. The fourth-order valence-electron chi connectivity index (χ4n) is 4.08. The van der Waals surface area contributed by atoms with Crippen molar-refractivity contribution in [2.75, 3.05) is 18.6 Å². The average Bonchev–Trinajstić information content (AvgIpc) is 3.18. The normalized spacial score (nSPS) is 17.4. The molecule has 1 saturated heterocycles. The van der Waals surface area contributed by atoms with Crippen LogP contribution in [0.25, 0.3) is 11.1 Å². The third kappa shape index (κ3) is 5.06. The Bertz CT molecular complexity index is 1160. The lowest BCUT2D eigenvalue weighted by Crippen LogP contribution is -2.38. The van der Waals surface area contributed by atoms with E-state index in [4.69, 9.17) is 20.6 Å². The maximum Gasteiger partial charge on any atom is 0.306 e. The number of rotatable bonds is 8. The number of hydrogen-bond donors (Lipinski definition) is 2. The van der Waals surface area contributed by atoms with E-state index in [1.165, 1.54) is 7.11 Å². The molecule has 2 atom stereocenters. The van der Waals surface area contributed by atoms with Gasteiger partial charge in [-0.05, 0) is 41.8 Å². The summed E-state index contributed by atoms with van der Waals surface area (Å²) in [6.07, 6.45) is 2.15. The van der Waals surface area contributed by atoms with Gasteiger partial charge in [0.25, 0.3) is 0 Å². The number of nitrogens with one attached hydrogen (secondary N) is 1. The Balaban J connectivity index is 1.45. The van der Waals surface area contributed by atoms with E-state index in [-0.39, 0.29) is 30.8 Å². The van der Waals surface area contributed by atoms with Gasteiger partial charge in [0.1, 0.15) is 24.0 Å². The van der Waals surface area contributed by atoms with Crippen molar-refractivity contribution < 1.29 is 19.1 Å². The topological polar surface area (TPSA) is 119 Å². The average molecular weight is 459 g/mol. The van der Waals surface area contributed by atoms with Gasteiger partial charge < -0.3 is 15.2 Å². The fraction of sp³-hybridized carbons (Fsp3) is 0.231. The first kappa shape index (κ1) is 23.0. The van der Waals surface area contributed by atoms with Crippen LogP contribution in [-0.4, -0.2) is 42.5 Å². The third-order valence-electron chi connectivity index (χ3n) is 5.87. The quantitative estimate of drug-likeness (QED) is 0.303. The molecule has 8 nitrogen and oxygen atoms in total. The summed E-state index contributed by atoms with van der Waals surface area (Å²) in [5.74, 6) is 0.222. The van der Waals surface area contributed by atoms with Crippen LogP contribution in [0.2, 0.25) is 0 Å². The summed E-state index contributed by atoms with van der Waals surface area (Å²) >= 11 is 0. The fourth-order valence-corrected chi connectivity index (χ4v) is 4.08. The number of benzene rings is 2. The molecule has 0 unspecified atom stereocenters. The number of nitrogens with two attached hydrogens (primary N) is 1. The number of nitrogen functional groups attached to an aromatic ring is 1. The lowest BCUT2D eigenvalue weighted by molar-refractivity contribution is -0.143. The lowest BCUT2D eigenvalue weighted by Gasteiger charge is -2.24. The Kier molecular flexibility index (Phi) is 6.87. The van der Waals surface area contributed by atoms with Crippen LogP contribution in [-0.2, 0) is 14.3 Å². The van der Waals surface area contributed by atoms with Crippen LogP contribution in [0, 0.1) is 11.3 Å². The zero-order valence-corrected chi connectivity index (χ0v) is 18.8. The predicted octanol–water partition coefficient (Wildman–Crippen LogP) is 3.40. The van der Waals surface area contributed by atoms with Gasteiger partial charge in [-0.1, -0.05) is 42.5 Å². The predicted molar refractivity (Wildman–Crippen MR) is 129 cm³/mol. The number of carbonyl (C=O) groups is 2. The van der Waals surface area contributed by atoms with Crippen molar-refractivity contribution in [3.63, 3.8) is 0 Å². The summed E-state index contributed by atoms with van der Waals surface area (Å²) in [6.45, 7) is 0.270. The SMILES string of the molecule is COC(=O)C[C@@H]1C[C@@H](COc2ccc(-c3ccc(C(=N)N)cc3)cc2)N(c2ccccn2)C1=O. The molecule has 1 aliphatic heterocycles. The Morgan fingerprint density at radius 1 is 1.09 bits per heavy atom. The van der Waals surface area contributed by atoms with Gasteiger partial charge in [0.15, 0.2) is 0 Å². The summed E-state index contributed by atoms with van der Waals surface area (Å²) in [6, 6.07) is 20.3. The molecule has 1 aromatic heterocycles. The zero-order chi connectivity index (χ0) is 24.1. The van der Waals surface area contributed by atoms with Crippen molar-refractivity contribution in [2.24, 2.45) is 11.7 Å². The summed E-state index contributed by atoms with van der Waals surface area (Å²) < 4.78 is 10.8. The number of nitrogens with zero attached hydrogens (tertiary/aromatic N) is 2. The van der Waals surface area contributed by atoms with Crippen molar-refractivity contribution in [1.82, 2.24) is 4.98 Å². The third-order valence-corrected chi connectivity index (χ3v) is 5.87. The number of esters is 1.